The minimum atomic E-state index is -0.165. The summed E-state index contributed by atoms with van der Waals surface area (Å²) in [5.41, 5.74) is 1.06. The highest BCUT2D eigenvalue weighted by molar-refractivity contribution is 5.81. The minimum absolute atomic E-state index is 0.102. The first-order chi connectivity index (χ1) is 8.75. The number of hydrogen-bond acceptors (Lipinski definition) is 3. The van der Waals surface area contributed by atoms with Crippen molar-refractivity contribution in [2.24, 2.45) is 0 Å². The third-order valence-electron chi connectivity index (χ3n) is 3.54. The molecular formula is C14H22N2O2. The van der Waals surface area contributed by atoms with E-state index in [0.717, 1.165) is 18.4 Å². The molecule has 1 aliphatic carbocycles. The molecule has 1 heterocycles. The van der Waals surface area contributed by atoms with Gasteiger partial charge in [0.25, 0.3) is 0 Å². The molecule has 1 aromatic heterocycles. The van der Waals surface area contributed by atoms with Gasteiger partial charge < -0.3 is 15.1 Å². The number of amides is 1. The van der Waals surface area contributed by atoms with E-state index in [1.165, 1.54) is 19.3 Å². The quantitative estimate of drug-likeness (QED) is 0.842. The van der Waals surface area contributed by atoms with Crippen LogP contribution in [0.5, 0.6) is 0 Å². The third kappa shape index (κ3) is 3.88. The van der Waals surface area contributed by atoms with Gasteiger partial charge in [0.2, 0.25) is 5.91 Å². The first-order valence-electron chi connectivity index (χ1n) is 6.80. The van der Waals surface area contributed by atoms with Crippen molar-refractivity contribution in [3.8, 4) is 0 Å². The average molecular weight is 250 g/mol. The second kappa shape index (κ2) is 6.59. The van der Waals surface area contributed by atoms with Crippen LogP contribution in [0.3, 0.4) is 0 Å². The van der Waals surface area contributed by atoms with Crippen molar-refractivity contribution in [1.82, 2.24) is 10.6 Å². The predicted molar refractivity (Wildman–Crippen MR) is 70.0 cm³/mol. The number of carbonyl (C=O) groups is 1. The Labute approximate surface area is 108 Å². The number of rotatable bonds is 5. The van der Waals surface area contributed by atoms with E-state index in [9.17, 15) is 4.79 Å². The summed E-state index contributed by atoms with van der Waals surface area (Å²) in [4.78, 5) is 12.0. The van der Waals surface area contributed by atoms with Crippen LogP contribution < -0.4 is 10.6 Å². The summed E-state index contributed by atoms with van der Waals surface area (Å²) >= 11 is 0. The van der Waals surface area contributed by atoms with E-state index in [1.54, 1.807) is 12.5 Å². The van der Waals surface area contributed by atoms with Gasteiger partial charge in [0, 0.05) is 18.2 Å². The second-order valence-electron chi connectivity index (χ2n) is 5.08. The summed E-state index contributed by atoms with van der Waals surface area (Å²) in [7, 11) is 0. The van der Waals surface area contributed by atoms with Crippen molar-refractivity contribution in [3.05, 3.63) is 24.2 Å². The Bertz CT molecular complexity index is 356. The summed E-state index contributed by atoms with van der Waals surface area (Å²) in [6, 6.07) is 2.12. The molecule has 0 saturated heterocycles. The molecule has 1 aromatic rings. The van der Waals surface area contributed by atoms with E-state index in [2.05, 4.69) is 10.6 Å². The summed E-state index contributed by atoms with van der Waals surface area (Å²) in [5, 5.41) is 6.33. The third-order valence-corrected chi connectivity index (χ3v) is 3.54. The van der Waals surface area contributed by atoms with Gasteiger partial charge in [-0.2, -0.15) is 0 Å². The van der Waals surface area contributed by atoms with Crippen LogP contribution in [0, 0.1) is 0 Å². The number of furan rings is 1. The van der Waals surface area contributed by atoms with Gasteiger partial charge in [-0.3, -0.25) is 4.79 Å². The van der Waals surface area contributed by atoms with Gasteiger partial charge in [-0.15, -0.1) is 0 Å². The van der Waals surface area contributed by atoms with Crippen LogP contribution in [0.4, 0.5) is 0 Å². The monoisotopic (exact) mass is 250 g/mol. The van der Waals surface area contributed by atoms with E-state index >= 15 is 0 Å². The number of hydrogen-bond donors (Lipinski definition) is 2. The molecule has 1 amide bonds. The zero-order valence-corrected chi connectivity index (χ0v) is 10.9. The van der Waals surface area contributed by atoms with Gasteiger partial charge in [0.1, 0.15) is 0 Å². The molecule has 18 heavy (non-hydrogen) atoms. The molecule has 2 N–H and O–H groups in total. The maximum atomic E-state index is 12.0. The van der Waals surface area contributed by atoms with Crippen molar-refractivity contribution < 1.29 is 9.21 Å². The van der Waals surface area contributed by atoms with E-state index in [-0.39, 0.29) is 11.9 Å². The van der Waals surface area contributed by atoms with Gasteiger partial charge in [0.05, 0.1) is 18.6 Å². The number of carbonyl (C=O) groups excluding carboxylic acids is 1. The lowest BCUT2D eigenvalue weighted by molar-refractivity contribution is -0.123. The molecule has 0 bridgehead atoms. The molecule has 0 spiro atoms. The Hall–Kier alpha value is -1.29. The fourth-order valence-corrected chi connectivity index (χ4v) is 2.33. The molecule has 1 atom stereocenters. The molecule has 1 unspecified atom stereocenters. The molecule has 100 valence electrons. The first-order valence-corrected chi connectivity index (χ1v) is 6.80. The van der Waals surface area contributed by atoms with Crippen molar-refractivity contribution in [2.75, 3.05) is 0 Å². The Morgan fingerprint density at radius 2 is 2.22 bits per heavy atom. The van der Waals surface area contributed by atoms with E-state index in [0.29, 0.717) is 12.6 Å². The minimum Gasteiger partial charge on any atom is -0.472 e. The van der Waals surface area contributed by atoms with Crippen LogP contribution in [0.2, 0.25) is 0 Å². The highest BCUT2D eigenvalue weighted by Gasteiger charge is 2.19. The largest absolute Gasteiger partial charge is 0.472 e. The lowest BCUT2D eigenvalue weighted by Crippen LogP contribution is -2.46. The maximum absolute atomic E-state index is 12.0. The van der Waals surface area contributed by atoms with Crippen LogP contribution in [-0.4, -0.2) is 18.0 Å². The molecular weight excluding hydrogens is 228 g/mol. The molecule has 1 saturated carbocycles. The zero-order valence-electron chi connectivity index (χ0n) is 10.9. The van der Waals surface area contributed by atoms with E-state index < -0.39 is 0 Å². The topological polar surface area (TPSA) is 54.3 Å². The normalized spacial score (nSPS) is 18.5. The van der Waals surface area contributed by atoms with Gasteiger partial charge >= 0.3 is 0 Å². The highest BCUT2D eigenvalue weighted by atomic mass is 16.3. The molecule has 4 nitrogen and oxygen atoms in total. The van der Waals surface area contributed by atoms with Gasteiger partial charge in [-0.05, 0) is 25.8 Å². The average Bonchev–Trinajstić information content (AvgIpc) is 2.90. The summed E-state index contributed by atoms with van der Waals surface area (Å²) in [5.74, 6) is 0.102. The fraction of sp³-hybridized carbons (Fsp3) is 0.643. The fourth-order valence-electron chi connectivity index (χ4n) is 2.33. The second-order valence-corrected chi connectivity index (χ2v) is 5.08. The summed E-state index contributed by atoms with van der Waals surface area (Å²) < 4.78 is 4.99. The summed E-state index contributed by atoms with van der Waals surface area (Å²) in [6.45, 7) is 2.56. The number of nitrogens with one attached hydrogen (secondary N) is 2. The van der Waals surface area contributed by atoms with Gasteiger partial charge in [-0.25, -0.2) is 0 Å². The van der Waals surface area contributed by atoms with Gasteiger partial charge in [-0.1, -0.05) is 19.3 Å². The Morgan fingerprint density at radius 1 is 1.44 bits per heavy atom. The van der Waals surface area contributed by atoms with Crippen LogP contribution in [-0.2, 0) is 11.3 Å². The molecule has 4 heteroatoms. The Balaban J connectivity index is 1.70. The molecule has 0 aromatic carbocycles. The molecule has 0 aliphatic heterocycles. The lowest BCUT2D eigenvalue weighted by Gasteiger charge is -2.24. The van der Waals surface area contributed by atoms with Crippen molar-refractivity contribution in [2.45, 2.75) is 57.7 Å². The summed E-state index contributed by atoms with van der Waals surface area (Å²) in [6.07, 6.45) is 9.37. The van der Waals surface area contributed by atoms with Crippen LogP contribution in [0.25, 0.3) is 0 Å². The van der Waals surface area contributed by atoms with Crippen molar-refractivity contribution >= 4 is 5.91 Å². The molecule has 2 rings (SSSR count). The Kier molecular flexibility index (Phi) is 4.81. The lowest BCUT2D eigenvalue weighted by atomic mass is 9.95. The van der Waals surface area contributed by atoms with E-state index in [1.807, 2.05) is 13.0 Å². The molecule has 0 radical (unpaired) electrons. The van der Waals surface area contributed by atoms with Crippen LogP contribution >= 0.6 is 0 Å². The molecule has 1 aliphatic rings. The molecule has 1 fully saturated rings. The maximum Gasteiger partial charge on any atom is 0.237 e. The van der Waals surface area contributed by atoms with Gasteiger partial charge in [0.15, 0.2) is 0 Å². The zero-order chi connectivity index (χ0) is 12.8. The predicted octanol–water partition coefficient (Wildman–Crippen LogP) is 2.21. The van der Waals surface area contributed by atoms with Crippen LogP contribution in [0.15, 0.2) is 23.0 Å². The standard InChI is InChI=1S/C14H22N2O2/c1-11(15-9-12-7-8-18-10-12)14(17)16-13-5-3-2-4-6-13/h7-8,10-11,13,15H,2-6,9H2,1H3,(H,16,17). The highest BCUT2D eigenvalue weighted by Crippen LogP contribution is 2.17. The van der Waals surface area contributed by atoms with Crippen molar-refractivity contribution in [3.63, 3.8) is 0 Å². The SMILES string of the molecule is CC(NCc1ccoc1)C(=O)NC1CCCCC1. The van der Waals surface area contributed by atoms with E-state index in [4.69, 9.17) is 4.42 Å². The Morgan fingerprint density at radius 3 is 2.89 bits per heavy atom. The smallest absolute Gasteiger partial charge is 0.237 e. The first kappa shape index (κ1) is 13.1. The van der Waals surface area contributed by atoms with Crippen LogP contribution in [0.1, 0.15) is 44.6 Å². The van der Waals surface area contributed by atoms with Crippen molar-refractivity contribution in [1.29, 1.82) is 0 Å².